The van der Waals surface area contributed by atoms with Crippen molar-refractivity contribution in [1.29, 1.82) is 0 Å². The van der Waals surface area contributed by atoms with Gasteiger partial charge in [0.1, 0.15) is 6.10 Å². The van der Waals surface area contributed by atoms with Crippen molar-refractivity contribution in [3.8, 4) is 11.5 Å². The fourth-order valence-electron chi connectivity index (χ4n) is 2.29. The number of nitrogens with two attached hydrogens (primary N) is 1. The summed E-state index contributed by atoms with van der Waals surface area (Å²) in [6, 6.07) is 7.18. The van der Waals surface area contributed by atoms with Crippen molar-refractivity contribution in [3.05, 3.63) is 30.7 Å². The van der Waals surface area contributed by atoms with E-state index in [1.165, 1.54) is 6.39 Å². The number of aromatic nitrogens is 2. The first kappa shape index (κ1) is 13.7. The van der Waals surface area contributed by atoms with E-state index in [-0.39, 0.29) is 12.0 Å². The summed E-state index contributed by atoms with van der Waals surface area (Å²) in [5.74, 6) is 0.300. The number of anilines is 1. The van der Waals surface area contributed by atoms with Crippen LogP contribution in [0.4, 0.5) is 5.69 Å². The van der Waals surface area contributed by atoms with Crippen LogP contribution in [-0.4, -0.2) is 34.9 Å². The molecule has 1 aliphatic rings. The van der Waals surface area contributed by atoms with Crippen LogP contribution in [0.1, 0.15) is 12.8 Å². The first-order valence-electron chi connectivity index (χ1n) is 6.79. The lowest BCUT2D eigenvalue weighted by Crippen LogP contribution is -2.29. The summed E-state index contributed by atoms with van der Waals surface area (Å²) in [5, 5.41) is 10.3. The maximum absolute atomic E-state index is 12.1. The number of nitrogens with zero attached hydrogens (tertiary/aromatic N) is 2. The quantitative estimate of drug-likeness (QED) is 0.875. The summed E-state index contributed by atoms with van der Waals surface area (Å²) < 4.78 is 10.7. The average molecular weight is 288 g/mol. The van der Waals surface area contributed by atoms with Crippen molar-refractivity contribution in [3.63, 3.8) is 0 Å². The van der Waals surface area contributed by atoms with Crippen LogP contribution >= 0.6 is 0 Å². The maximum Gasteiger partial charge on any atom is 0.253 e. The number of hydrogen-bond acceptors (Lipinski definition) is 6. The smallest absolute Gasteiger partial charge is 0.253 e. The molecule has 1 amide bonds. The molecule has 0 saturated carbocycles. The van der Waals surface area contributed by atoms with Crippen LogP contribution in [0.15, 0.2) is 35.1 Å². The topological polar surface area (TPSA) is 103 Å². The van der Waals surface area contributed by atoms with Crippen LogP contribution < -0.4 is 11.1 Å². The van der Waals surface area contributed by atoms with Crippen molar-refractivity contribution < 1.29 is 13.9 Å². The minimum absolute atomic E-state index is 0.0133. The van der Waals surface area contributed by atoms with Crippen molar-refractivity contribution in [1.82, 2.24) is 10.2 Å². The molecule has 1 aromatic heterocycles. The van der Waals surface area contributed by atoms with Crippen LogP contribution in [0, 0.1) is 0 Å². The Labute approximate surface area is 121 Å². The number of ether oxygens (including phenoxy) is 1. The molecule has 0 aliphatic carbocycles. The van der Waals surface area contributed by atoms with Gasteiger partial charge >= 0.3 is 0 Å². The van der Waals surface area contributed by atoms with Crippen LogP contribution in [0.3, 0.4) is 0 Å². The molecule has 1 aliphatic heterocycles. The van der Waals surface area contributed by atoms with E-state index in [9.17, 15) is 4.79 Å². The zero-order valence-corrected chi connectivity index (χ0v) is 11.4. The first-order valence-corrected chi connectivity index (χ1v) is 6.79. The summed E-state index contributed by atoms with van der Waals surface area (Å²) in [6.07, 6.45) is 2.37. The third-order valence-corrected chi connectivity index (χ3v) is 3.42. The Morgan fingerprint density at radius 2 is 2.14 bits per heavy atom. The Morgan fingerprint density at radius 1 is 1.33 bits per heavy atom. The second-order valence-corrected chi connectivity index (χ2v) is 4.87. The summed E-state index contributed by atoms with van der Waals surface area (Å²) in [4.78, 5) is 12.1. The zero-order chi connectivity index (χ0) is 14.7. The summed E-state index contributed by atoms with van der Waals surface area (Å²) >= 11 is 0. The molecule has 2 unspecified atom stereocenters. The first-order chi connectivity index (χ1) is 10.3. The van der Waals surface area contributed by atoms with Gasteiger partial charge in [0.25, 0.3) is 5.91 Å². The minimum Gasteiger partial charge on any atom is -0.423 e. The van der Waals surface area contributed by atoms with E-state index in [0.29, 0.717) is 24.5 Å². The molecule has 0 spiro atoms. The Morgan fingerprint density at radius 3 is 2.76 bits per heavy atom. The maximum atomic E-state index is 12.1. The molecular weight excluding hydrogens is 272 g/mol. The monoisotopic (exact) mass is 288 g/mol. The predicted octanol–water partition coefficient (Wildman–Crippen LogP) is 1.18. The normalized spacial score (nSPS) is 21.4. The van der Waals surface area contributed by atoms with Gasteiger partial charge in [-0.1, -0.05) is 0 Å². The highest BCUT2D eigenvalue weighted by Crippen LogP contribution is 2.22. The van der Waals surface area contributed by atoms with Crippen LogP contribution in [0.25, 0.3) is 11.5 Å². The largest absolute Gasteiger partial charge is 0.423 e. The Kier molecular flexibility index (Phi) is 3.94. The SMILES string of the molecule is NCC1CCC(C(=O)Nc2ccc(-c3nnco3)cc2)O1. The molecule has 1 aromatic carbocycles. The molecule has 0 bridgehead atoms. The van der Waals surface area contributed by atoms with Crippen molar-refractivity contribution >= 4 is 11.6 Å². The second kappa shape index (κ2) is 6.02. The lowest BCUT2D eigenvalue weighted by molar-refractivity contribution is -0.126. The van der Waals surface area contributed by atoms with E-state index in [1.54, 1.807) is 24.3 Å². The Hall–Kier alpha value is -2.25. The number of nitrogens with one attached hydrogen (secondary N) is 1. The van der Waals surface area contributed by atoms with Crippen molar-refractivity contribution in [2.75, 3.05) is 11.9 Å². The van der Waals surface area contributed by atoms with Gasteiger partial charge in [-0.15, -0.1) is 10.2 Å². The standard InChI is InChI=1S/C14H16N4O3/c15-7-11-5-6-12(21-11)13(19)17-10-3-1-9(2-4-10)14-18-16-8-20-14/h1-4,8,11-12H,5-7,15H2,(H,17,19). The van der Waals surface area contributed by atoms with E-state index >= 15 is 0 Å². The van der Waals surface area contributed by atoms with E-state index in [4.69, 9.17) is 14.9 Å². The van der Waals surface area contributed by atoms with Crippen molar-refractivity contribution in [2.24, 2.45) is 5.73 Å². The molecule has 21 heavy (non-hydrogen) atoms. The number of rotatable bonds is 4. The molecule has 110 valence electrons. The molecule has 2 heterocycles. The second-order valence-electron chi connectivity index (χ2n) is 4.87. The van der Waals surface area contributed by atoms with E-state index < -0.39 is 6.10 Å². The van der Waals surface area contributed by atoms with Crippen LogP contribution in [0.5, 0.6) is 0 Å². The molecule has 3 rings (SSSR count). The van der Waals surface area contributed by atoms with Gasteiger partial charge in [-0.3, -0.25) is 4.79 Å². The number of benzene rings is 1. The molecular formula is C14H16N4O3. The van der Waals surface area contributed by atoms with Gasteiger partial charge in [0.15, 0.2) is 0 Å². The lowest BCUT2D eigenvalue weighted by Gasteiger charge is -2.12. The summed E-state index contributed by atoms with van der Waals surface area (Å²) in [6.45, 7) is 0.447. The fourth-order valence-corrected chi connectivity index (χ4v) is 2.29. The molecule has 2 aromatic rings. The van der Waals surface area contributed by atoms with Gasteiger partial charge in [-0.05, 0) is 37.1 Å². The molecule has 0 radical (unpaired) electrons. The number of carbonyl (C=O) groups excluding carboxylic acids is 1. The molecule has 1 fully saturated rings. The van der Waals surface area contributed by atoms with Gasteiger partial charge in [0.2, 0.25) is 12.3 Å². The zero-order valence-electron chi connectivity index (χ0n) is 11.4. The third-order valence-electron chi connectivity index (χ3n) is 3.42. The predicted molar refractivity (Wildman–Crippen MR) is 75.3 cm³/mol. The number of amides is 1. The fraction of sp³-hybridized carbons (Fsp3) is 0.357. The highest BCUT2D eigenvalue weighted by Gasteiger charge is 2.29. The van der Waals surface area contributed by atoms with E-state index in [0.717, 1.165) is 12.0 Å². The van der Waals surface area contributed by atoms with Gasteiger partial charge in [-0.2, -0.15) is 0 Å². The van der Waals surface area contributed by atoms with Gasteiger partial charge in [0, 0.05) is 17.8 Å². The third kappa shape index (κ3) is 3.09. The highest BCUT2D eigenvalue weighted by atomic mass is 16.5. The summed E-state index contributed by atoms with van der Waals surface area (Å²) in [5.41, 5.74) is 7.03. The highest BCUT2D eigenvalue weighted by molar-refractivity contribution is 5.94. The van der Waals surface area contributed by atoms with Crippen molar-refractivity contribution in [2.45, 2.75) is 25.0 Å². The Balaban J connectivity index is 1.62. The van der Waals surface area contributed by atoms with Gasteiger partial charge < -0.3 is 20.2 Å². The number of carbonyl (C=O) groups is 1. The molecule has 2 atom stereocenters. The lowest BCUT2D eigenvalue weighted by atomic mass is 10.1. The van der Waals surface area contributed by atoms with Crippen LogP contribution in [-0.2, 0) is 9.53 Å². The molecule has 1 saturated heterocycles. The van der Waals surface area contributed by atoms with Gasteiger partial charge in [-0.25, -0.2) is 0 Å². The van der Waals surface area contributed by atoms with E-state index in [2.05, 4.69) is 15.5 Å². The van der Waals surface area contributed by atoms with E-state index in [1.807, 2.05) is 0 Å². The minimum atomic E-state index is -0.422. The number of hydrogen-bond donors (Lipinski definition) is 2. The molecule has 7 nitrogen and oxygen atoms in total. The molecule has 7 heteroatoms. The summed E-state index contributed by atoms with van der Waals surface area (Å²) in [7, 11) is 0. The van der Waals surface area contributed by atoms with Crippen LogP contribution in [0.2, 0.25) is 0 Å². The molecule has 3 N–H and O–H groups in total. The average Bonchev–Trinajstić information content (AvgIpc) is 3.19. The van der Waals surface area contributed by atoms with Gasteiger partial charge in [0.05, 0.1) is 6.10 Å². The Bertz CT molecular complexity index is 597.